The number of carbonyl (C=O) groups is 1. The van der Waals surface area contributed by atoms with Gasteiger partial charge in [-0.3, -0.25) is 9.78 Å². The van der Waals surface area contributed by atoms with Gasteiger partial charge in [-0.25, -0.2) is 4.98 Å². The van der Waals surface area contributed by atoms with Gasteiger partial charge >= 0.3 is 0 Å². The van der Waals surface area contributed by atoms with Gasteiger partial charge in [-0.1, -0.05) is 36.0 Å². The Morgan fingerprint density at radius 3 is 2.67 bits per heavy atom. The van der Waals surface area contributed by atoms with Gasteiger partial charge in [0.1, 0.15) is 10.8 Å². The molecule has 0 bridgehead atoms. The first-order chi connectivity index (χ1) is 16.0. The van der Waals surface area contributed by atoms with Crippen LogP contribution < -0.4 is 21.3 Å². The predicted octanol–water partition coefficient (Wildman–Crippen LogP) is 4.35. The quantitative estimate of drug-likeness (QED) is 0.433. The predicted molar refractivity (Wildman–Crippen MR) is 137 cm³/mol. The lowest BCUT2D eigenvalue weighted by atomic mass is 9.96. The normalized spacial score (nSPS) is 14.0. The van der Waals surface area contributed by atoms with Crippen LogP contribution in [-0.4, -0.2) is 40.5 Å². The van der Waals surface area contributed by atoms with Gasteiger partial charge in [0.25, 0.3) is 5.91 Å². The molecule has 0 spiro atoms. The van der Waals surface area contributed by atoms with E-state index in [9.17, 15) is 4.79 Å². The van der Waals surface area contributed by atoms with Gasteiger partial charge < -0.3 is 21.3 Å². The van der Waals surface area contributed by atoms with E-state index in [4.69, 9.17) is 29.6 Å². The summed E-state index contributed by atoms with van der Waals surface area (Å²) in [5.41, 5.74) is 8.84. The van der Waals surface area contributed by atoms with Gasteiger partial charge in [0.2, 0.25) is 0 Å². The van der Waals surface area contributed by atoms with Gasteiger partial charge in [0.15, 0.2) is 0 Å². The van der Waals surface area contributed by atoms with Crippen molar-refractivity contribution in [1.29, 1.82) is 0 Å². The van der Waals surface area contributed by atoms with Gasteiger partial charge in [-0.2, -0.15) is 0 Å². The first-order valence-electron chi connectivity index (χ1n) is 10.8. The number of anilines is 3. The highest BCUT2D eigenvalue weighted by molar-refractivity contribution is 7.80. The van der Waals surface area contributed by atoms with Crippen LogP contribution in [-0.2, 0) is 0 Å². The Kier molecular flexibility index (Phi) is 7.36. The van der Waals surface area contributed by atoms with Crippen molar-refractivity contribution in [1.82, 2.24) is 9.97 Å². The highest BCUT2D eigenvalue weighted by Crippen LogP contribution is 2.25. The highest BCUT2D eigenvalue weighted by atomic mass is 35.5. The molecule has 1 fully saturated rings. The van der Waals surface area contributed by atoms with Crippen molar-refractivity contribution < 1.29 is 4.79 Å². The number of nitrogens with two attached hydrogens (primary N) is 1. The summed E-state index contributed by atoms with van der Waals surface area (Å²) in [6, 6.07) is 14.8. The molecule has 2 aromatic heterocycles. The third-order valence-corrected chi connectivity index (χ3v) is 6.13. The fourth-order valence-corrected chi connectivity index (χ4v) is 4.09. The number of aromatic nitrogens is 2. The monoisotopic (exact) mass is 480 g/mol. The van der Waals surface area contributed by atoms with E-state index in [1.54, 1.807) is 24.4 Å². The Hall–Kier alpha value is -3.23. The number of nitrogens with one attached hydrogen (secondary N) is 2. The number of hydrogen-bond acceptors (Lipinski definition) is 6. The molecule has 170 valence electrons. The number of carbonyl (C=O) groups excluding carboxylic acids is 1. The zero-order chi connectivity index (χ0) is 23.2. The van der Waals surface area contributed by atoms with Gasteiger partial charge in [0, 0.05) is 43.4 Å². The average Bonchev–Trinajstić information content (AvgIpc) is 2.84. The number of halogens is 1. The second kappa shape index (κ2) is 10.6. The number of pyridine rings is 2. The Morgan fingerprint density at radius 1 is 1.15 bits per heavy atom. The smallest absolute Gasteiger partial charge is 0.258 e. The zero-order valence-corrected chi connectivity index (χ0v) is 19.6. The van der Waals surface area contributed by atoms with E-state index in [1.807, 2.05) is 30.3 Å². The number of benzene rings is 1. The van der Waals surface area contributed by atoms with Crippen molar-refractivity contribution in [2.75, 3.05) is 35.2 Å². The molecule has 3 heterocycles. The fourth-order valence-electron chi connectivity index (χ4n) is 3.87. The molecule has 0 unspecified atom stereocenters. The number of rotatable bonds is 7. The minimum absolute atomic E-state index is 0.214. The molecular weight excluding hydrogens is 456 g/mol. The molecule has 7 nitrogen and oxygen atoms in total. The van der Waals surface area contributed by atoms with E-state index < -0.39 is 0 Å². The lowest BCUT2D eigenvalue weighted by Gasteiger charge is -2.34. The molecule has 0 saturated carbocycles. The maximum atomic E-state index is 12.8. The standard InChI is InChI=1S/C24H25ClN6OS/c25-17-5-6-22(29-15-17)30-24(32)19-3-1-2-4-20(19)28-14-16-8-11-31(12-9-16)18-7-10-27-21(13-18)23(26)33/h1-7,10,13,15-16,28H,8-9,11-12,14H2,(H2,26,33)(H,29,30,32). The average molecular weight is 481 g/mol. The van der Waals surface area contributed by atoms with E-state index in [-0.39, 0.29) is 5.91 Å². The molecule has 0 radical (unpaired) electrons. The topological polar surface area (TPSA) is 96.2 Å². The second-order valence-electron chi connectivity index (χ2n) is 7.94. The summed E-state index contributed by atoms with van der Waals surface area (Å²) in [5.74, 6) is 0.752. The molecule has 1 saturated heterocycles. The number of hydrogen-bond donors (Lipinski definition) is 3. The number of thiocarbonyl (C=S) groups is 1. The Balaban J connectivity index is 1.33. The molecule has 0 atom stereocenters. The lowest BCUT2D eigenvalue weighted by molar-refractivity contribution is 0.102. The minimum Gasteiger partial charge on any atom is -0.388 e. The molecule has 1 amide bonds. The van der Waals surface area contributed by atoms with E-state index in [0.29, 0.717) is 33.0 Å². The summed E-state index contributed by atoms with van der Waals surface area (Å²) in [4.78, 5) is 23.8. The maximum Gasteiger partial charge on any atom is 0.258 e. The van der Waals surface area contributed by atoms with E-state index >= 15 is 0 Å². The Labute approximate surface area is 203 Å². The van der Waals surface area contributed by atoms with Gasteiger partial charge in [0.05, 0.1) is 16.3 Å². The largest absolute Gasteiger partial charge is 0.388 e. The van der Waals surface area contributed by atoms with E-state index in [2.05, 4.69) is 25.5 Å². The summed E-state index contributed by atoms with van der Waals surface area (Å²) in [7, 11) is 0. The molecule has 3 aromatic rings. The number of nitrogens with zero attached hydrogens (tertiary/aromatic N) is 3. The summed E-state index contributed by atoms with van der Waals surface area (Å²) >= 11 is 10.9. The molecule has 1 aliphatic heterocycles. The van der Waals surface area contributed by atoms with Crippen LogP contribution >= 0.6 is 23.8 Å². The van der Waals surface area contributed by atoms with Crippen LogP contribution in [0.1, 0.15) is 28.9 Å². The van der Waals surface area contributed by atoms with Crippen LogP contribution in [0.5, 0.6) is 0 Å². The molecule has 0 aliphatic carbocycles. The van der Waals surface area contributed by atoms with Crippen molar-refractivity contribution in [3.8, 4) is 0 Å². The van der Waals surface area contributed by atoms with Gasteiger partial charge in [-0.15, -0.1) is 0 Å². The minimum atomic E-state index is -0.214. The number of piperidine rings is 1. The first-order valence-corrected chi connectivity index (χ1v) is 11.5. The Morgan fingerprint density at radius 2 is 1.94 bits per heavy atom. The van der Waals surface area contributed by atoms with E-state index in [0.717, 1.165) is 43.9 Å². The van der Waals surface area contributed by atoms with Crippen molar-refractivity contribution in [2.24, 2.45) is 11.7 Å². The van der Waals surface area contributed by atoms with E-state index in [1.165, 1.54) is 6.20 Å². The maximum absolute atomic E-state index is 12.8. The van der Waals surface area contributed by atoms with Crippen LogP contribution in [0.3, 0.4) is 0 Å². The van der Waals surface area contributed by atoms with Crippen molar-refractivity contribution in [2.45, 2.75) is 12.8 Å². The van der Waals surface area contributed by atoms with Crippen molar-refractivity contribution >= 4 is 51.9 Å². The third-order valence-electron chi connectivity index (χ3n) is 5.70. The number of para-hydroxylation sites is 1. The summed E-state index contributed by atoms with van der Waals surface area (Å²) in [5, 5.41) is 6.82. The molecule has 1 aromatic carbocycles. The lowest BCUT2D eigenvalue weighted by Crippen LogP contribution is -2.36. The van der Waals surface area contributed by atoms with Crippen LogP contribution in [0, 0.1) is 5.92 Å². The summed E-state index contributed by atoms with van der Waals surface area (Å²) < 4.78 is 0. The first kappa shape index (κ1) is 22.9. The van der Waals surface area contributed by atoms with Crippen LogP contribution in [0.2, 0.25) is 5.02 Å². The SMILES string of the molecule is NC(=S)c1cc(N2CCC(CNc3ccccc3C(=O)Nc3ccc(Cl)cn3)CC2)ccn1. The fraction of sp³-hybridized carbons (Fsp3) is 0.250. The van der Waals surface area contributed by atoms with Crippen molar-refractivity contribution in [3.05, 3.63) is 77.2 Å². The second-order valence-corrected chi connectivity index (χ2v) is 8.81. The zero-order valence-electron chi connectivity index (χ0n) is 18.0. The molecule has 33 heavy (non-hydrogen) atoms. The summed E-state index contributed by atoms with van der Waals surface area (Å²) in [6.45, 7) is 2.68. The molecule has 4 rings (SSSR count). The summed E-state index contributed by atoms with van der Waals surface area (Å²) in [6.07, 6.45) is 5.34. The Bertz CT molecular complexity index is 1130. The third kappa shape index (κ3) is 5.97. The molecule has 1 aliphatic rings. The molecular formula is C24H25ClN6OS. The molecule has 9 heteroatoms. The molecule has 4 N–H and O–H groups in total. The van der Waals surface area contributed by atoms with Crippen LogP contribution in [0.25, 0.3) is 0 Å². The highest BCUT2D eigenvalue weighted by Gasteiger charge is 2.21. The van der Waals surface area contributed by atoms with Crippen LogP contribution in [0.15, 0.2) is 60.9 Å². The van der Waals surface area contributed by atoms with Gasteiger partial charge in [-0.05, 0) is 55.2 Å². The van der Waals surface area contributed by atoms with Crippen molar-refractivity contribution in [3.63, 3.8) is 0 Å². The number of amides is 1. The van der Waals surface area contributed by atoms with Crippen LogP contribution in [0.4, 0.5) is 17.2 Å².